The number of nitrogen functional groups attached to an aromatic ring is 1. The first kappa shape index (κ1) is 8.90. The van der Waals surface area contributed by atoms with Crippen molar-refractivity contribution in [3.8, 4) is 11.5 Å². The molecule has 1 aromatic carbocycles. The molecule has 16 heavy (non-hydrogen) atoms. The smallest absolute Gasteiger partial charge is 0.247 e. The van der Waals surface area contributed by atoms with Crippen molar-refractivity contribution < 1.29 is 4.42 Å². The number of hydrogen-bond acceptors (Lipinski definition) is 5. The molecule has 80 valence electrons. The fraction of sp³-hybridized carbons (Fsp3) is 0.100. The van der Waals surface area contributed by atoms with Crippen molar-refractivity contribution in [1.82, 2.24) is 20.4 Å². The average molecular weight is 215 g/mol. The summed E-state index contributed by atoms with van der Waals surface area (Å²) in [5.74, 6) is 1.49. The van der Waals surface area contributed by atoms with Crippen LogP contribution in [-0.4, -0.2) is 20.4 Å². The van der Waals surface area contributed by atoms with Crippen molar-refractivity contribution in [2.24, 2.45) is 0 Å². The summed E-state index contributed by atoms with van der Waals surface area (Å²) < 4.78 is 5.34. The van der Waals surface area contributed by atoms with Crippen molar-refractivity contribution >= 4 is 16.7 Å². The number of rotatable bonds is 1. The predicted octanol–water partition coefficient (Wildman–Crippen LogP) is 1.50. The van der Waals surface area contributed by atoms with Crippen LogP contribution in [0.1, 0.15) is 5.89 Å². The highest BCUT2D eigenvalue weighted by Crippen LogP contribution is 2.25. The molecule has 0 fully saturated rings. The highest BCUT2D eigenvalue weighted by Gasteiger charge is 2.09. The third kappa shape index (κ3) is 1.23. The fourth-order valence-electron chi connectivity index (χ4n) is 1.58. The molecule has 3 aromatic rings. The van der Waals surface area contributed by atoms with Crippen LogP contribution in [0.15, 0.2) is 22.6 Å². The monoisotopic (exact) mass is 215 g/mol. The zero-order valence-corrected chi connectivity index (χ0v) is 8.56. The van der Waals surface area contributed by atoms with Crippen LogP contribution in [0.2, 0.25) is 0 Å². The largest absolute Gasteiger partial charge is 0.421 e. The van der Waals surface area contributed by atoms with Gasteiger partial charge in [-0.1, -0.05) is 0 Å². The normalized spacial score (nSPS) is 11.1. The third-order valence-electron chi connectivity index (χ3n) is 2.37. The second-order valence-corrected chi connectivity index (χ2v) is 3.50. The summed E-state index contributed by atoms with van der Waals surface area (Å²) in [5, 5.41) is 15.3. The van der Waals surface area contributed by atoms with Gasteiger partial charge < -0.3 is 10.2 Å². The number of benzene rings is 1. The molecular formula is C10H9N5O. The molecule has 6 nitrogen and oxygen atoms in total. The summed E-state index contributed by atoms with van der Waals surface area (Å²) >= 11 is 0. The van der Waals surface area contributed by atoms with Crippen LogP contribution < -0.4 is 5.73 Å². The lowest BCUT2D eigenvalue weighted by atomic mass is 10.1. The lowest BCUT2D eigenvalue weighted by Gasteiger charge is -1.95. The standard InChI is InChI=1S/C10H9N5O/c1-5-12-15-10(16-5)6-2-3-8-7(4-6)9(11)14-13-8/h2-4H,1H3,(H3,11,13,14). The van der Waals surface area contributed by atoms with Crippen molar-refractivity contribution in [2.45, 2.75) is 6.92 Å². The Bertz CT molecular complexity index is 654. The van der Waals surface area contributed by atoms with Gasteiger partial charge in [0.1, 0.15) is 0 Å². The molecule has 0 amide bonds. The zero-order chi connectivity index (χ0) is 11.1. The maximum atomic E-state index is 5.72. The van der Waals surface area contributed by atoms with Crippen molar-refractivity contribution in [3.05, 3.63) is 24.1 Å². The zero-order valence-electron chi connectivity index (χ0n) is 8.56. The van der Waals surface area contributed by atoms with Crippen LogP contribution in [0.3, 0.4) is 0 Å². The number of nitrogens with one attached hydrogen (secondary N) is 1. The molecular weight excluding hydrogens is 206 g/mol. The molecule has 0 saturated carbocycles. The molecule has 0 bridgehead atoms. The summed E-state index contributed by atoms with van der Waals surface area (Å²) in [6.07, 6.45) is 0. The Kier molecular flexibility index (Phi) is 1.70. The van der Waals surface area contributed by atoms with Gasteiger partial charge in [0.05, 0.1) is 5.52 Å². The van der Waals surface area contributed by atoms with E-state index in [-0.39, 0.29) is 0 Å². The summed E-state index contributed by atoms with van der Waals surface area (Å²) in [6, 6.07) is 5.64. The number of nitrogens with two attached hydrogens (primary N) is 1. The molecule has 0 aliphatic carbocycles. The van der Waals surface area contributed by atoms with E-state index in [1.165, 1.54) is 0 Å². The Hall–Kier alpha value is -2.37. The summed E-state index contributed by atoms with van der Waals surface area (Å²) in [4.78, 5) is 0. The molecule has 2 aromatic heterocycles. The SMILES string of the molecule is Cc1nnc(-c2ccc3[nH]nc(N)c3c2)o1. The second-order valence-electron chi connectivity index (χ2n) is 3.50. The predicted molar refractivity (Wildman–Crippen MR) is 58.5 cm³/mol. The fourth-order valence-corrected chi connectivity index (χ4v) is 1.58. The summed E-state index contributed by atoms with van der Waals surface area (Å²) in [6.45, 7) is 1.75. The van der Waals surface area contributed by atoms with Gasteiger partial charge in [0.15, 0.2) is 5.82 Å². The number of anilines is 1. The summed E-state index contributed by atoms with van der Waals surface area (Å²) in [7, 11) is 0. The number of H-pyrrole nitrogens is 1. The van der Waals surface area contributed by atoms with Gasteiger partial charge in [-0.2, -0.15) is 5.10 Å². The topological polar surface area (TPSA) is 93.6 Å². The van der Waals surface area contributed by atoms with Gasteiger partial charge in [0.25, 0.3) is 0 Å². The molecule has 0 saturated heterocycles. The maximum Gasteiger partial charge on any atom is 0.247 e. The lowest BCUT2D eigenvalue weighted by molar-refractivity contribution is 0.533. The Balaban J connectivity index is 2.21. The van der Waals surface area contributed by atoms with Crippen LogP contribution in [0, 0.1) is 6.92 Å². The van der Waals surface area contributed by atoms with Crippen LogP contribution >= 0.6 is 0 Å². The van der Waals surface area contributed by atoms with E-state index in [1.807, 2.05) is 18.2 Å². The molecule has 6 heteroatoms. The second kappa shape index (κ2) is 3.06. The Labute approximate surface area is 90.5 Å². The minimum atomic E-state index is 0.466. The first-order valence-electron chi connectivity index (χ1n) is 4.78. The van der Waals surface area contributed by atoms with Gasteiger partial charge in [-0.3, -0.25) is 5.10 Å². The first-order valence-corrected chi connectivity index (χ1v) is 4.78. The molecule has 0 spiro atoms. The number of fused-ring (bicyclic) bond motifs is 1. The van der Waals surface area contributed by atoms with Crippen molar-refractivity contribution in [2.75, 3.05) is 5.73 Å². The van der Waals surface area contributed by atoms with Crippen LogP contribution in [0.4, 0.5) is 5.82 Å². The van der Waals surface area contributed by atoms with Gasteiger partial charge in [-0.25, -0.2) is 0 Å². The Morgan fingerprint density at radius 2 is 2.19 bits per heavy atom. The number of nitrogens with zero attached hydrogens (tertiary/aromatic N) is 3. The van der Waals surface area contributed by atoms with E-state index in [4.69, 9.17) is 10.2 Å². The summed E-state index contributed by atoms with van der Waals surface area (Å²) in [5.41, 5.74) is 7.44. The minimum Gasteiger partial charge on any atom is -0.421 e. The minimum absolute atomic E-state index is 0.466. The number of aromatic nitrogens is 4. The lowest BCUT2D eigenvalue weighted by Crippen LogP contribution is -1.84. The Morgan fingerprint density at radius 3 is 2.94 bits per heavy atom. The molecule has 0 aliphatic heterocycles. The number of aromatic amines is 1. The van der Waals surface area contributed by atoms with E-state index < -0.39 is 0 Å². The average Bonchev–Trinajstić information content (AvgIpc) is 2.86. The molecule has 3 N–H and O–H groups in total. The third-order valence-corrected chi connectivity index (χ3v) is 2.37. The molecule has 0 unspecified atom stereocenters. The van der Waals surface area contributed by atoms with E-state index in [1.54, 1.807) is 6.92 Å². The highest BCUT2D eigenvalue weighted by atomic mass is 16.4. The number of hydrogen-bond donors (Lipinski definition) is 2. The van der Waals surface area contributed by atoms with Crippen LogP contribution in [0.5, 0.6) is 0 Å². The number of aryl methyl sites for hydroxylation is 1. The van der Waals surface area contributed by atoms with Gasteiger partial charge >= 0.3 is 0 Å². The van der Waals surface area contributed by atoms with Crippen LogP contribution in [0.25, 0.3) is 22.4 Å². The van der Waals surface area contributed by atoms with E-state index in [0.717, 1.165) is 16.5 Å². The van der Waals surface area contributed by atoms with Crippen LogP contribution in [-0.2, 0) is 0 Å². The van der Waals surface area contributed by atoms with Crippen molar-refractivity contribution in [1.29, 1.82) is 0 Å². The molecule has 0 aliphatic rings. The molecule has 2 heterocycles. The van der Waals surface area contributed by atoms with Gasteiger partial charge in [-0.05, 0) is 18.2 Å². The quantitative estimate of drug-likeness (QED) is 0.641. The van der Waals surface area contributed by atoms with Gasteiger partial charge in [-0.15, -0.1) is 10.2 Å². The van der Waals surface area contributed by atoms with Gasteiger partial charge in [0.2, 0.25) is 11.8 Å². The van der Waals surface area contributed by atoms with E-state index >= 15 is 0 Å². The first-order chi connectivity index (χ1) is 7.74. The molecule has 0 atom stereocenters. The van der Waals surface area contributed by atoms with Gasteiger partial charge in [0, 0.05) is 17.9 Å². The molecule has 3 rings (SSSR count). The van der Waals surface area contributed by atoms with E-state index in [2.05, 4.69) is 20.4 Å². The van der Waals surface area contributed by atoms with E-state index in [0.29, 0.717) is 17.6 Å². The van der Waals surface area contributed by atoms with E-state index in [9.17, 15) is 0 Å². The highest BCUT2D eigenvalue weighted by molar-refractivity contribution is 5.91. The van der Waals surface area contributed by atoms with Crippen molar-refractivity contribution in [3.63, 3.8) is 0 Å². The maximum absolute atomic E-state index is 5.72. The molecule has 0 radical (unpaired) electrons. The Morgan fingerprint density at radius 1 is 1.31 bits per heavy atom.